The molecule has 2 amide bonds. The van der Waals surface area contributed by atoms with E-state index in [2.05, 4.69) is 10.6 Å². The van der Waals surface area contributed by atoms with Gasteiger partial charge in [-0.1, -0.05) is 18.6 Å². The van der Waals surface area contributed by atoms with Crippen molar-refractivity contribution in [2.45, 2.75) is 43.9 Å². The number of rotatable bonds is 8. The van der Waals surface area contributed by atoms with Gasteiger partial charge in [0.2, 0.25) is 21.8 Å². The van der Waals surface area contributed by atoms with Crippen LogP contribution in [0.2, 0.25) is 0 Å². The van der Waals surface area contributed by atoms with Crippen LogP contribution in [0.3, 0.4) is 0 Å². The van der Waals surface area contributed by atoms with Gasteiger partial charge in [-0.3, -0.25) is 9.59 Å². The Morgan fingerprint density at radius 2 is 1.62 bits per heavy atom. The molecule has 0 bridgehead atoms. The highest BCUT2D eigenvalue weighted by Gasteiger charge is 2.25. The molecule has 144 valence electrons. The van der Waals surface area contributed by atoms with E-state index in [1.165, 1.54) is 6.92 Å². The van der Waals surface area contributed by atoms with E-state index in [1.54, 1.807) is 28.6 Å². The number of carbonyl (C=O) groups is 2. The highest BCUT2D eigenvalue weighted by Crippen LogP contribution is 2.21. The molecule has 1 heterocycles. The maximum atomic E-state index is 12.6. The van der Waals surface area contributed by atoms with E-state index in [-0.39, 0.29) is 11.8 Å². The van der Waals surface area contributed by atoms with Crippen molar-refractivity contribution < 1.29 is 18.0 Å². The summed E-state index contributed by atoms with van der Waals surface area (Å²) in [6.07, 6.45) is 3.76. The van der Waals surface area contributed by atoms with Crippen LogP contribution in [0.1, 0.15) is 38.2 Å². The lowest BCUT2D eigenvalue weighted by atomic mass is 10.1. The molecule has 1 aliphatic heterocycles. The summed E-state index contributed by atoms with van der Waals surface area (Å²) in [5.74, 6) is -0.223. The number of piperidine rings is 1. The summed E-state index contributed by atoms with van der Waals surface area (Å²) in [6, 6.07) is 6.77. The van der Waals surface area contributed by atoms with Gasteiger partial charge in [0.15, 0.2) is 0 Å². The zero-order valence-corrected chi connectivity index (χ0v) is 16.0. The molecule has 0 aliphatic carbocycles. The highest BCUT2D eigenvalue weighted by atomic mass is 32.2. The van der Waals surface area contributed by atoms with Crippen LogP contribution in [0, 0.1) is 0 Å². The number of nitrogens with one attached hydrogen (secondary N) is 2. The number of nitrogens with zero attached hydrogens (tertiary/aromatic N) is 1. The van der Waals surface area contributed by atoms with E-state index in [0.717, 1.165) is 24.8 Å². The van der Waals surface area contributed by atoms with Gasteiger partial charge in [0.25, 0.3) is 0 Å². The second kappa shape index (κ2) is 9.68. The molecule has 0 spiro atoms. The summed E-state index contributed by atoms with van der Waals surface area (Å²) < 4.78 is 26.7. The number of amides is 2. The minimum atomic E-state index is -3.41. The van der Waals surface area contributed by atoms with Crippen LogP contribution >= 0.6 is 0 Å². The topological polar surface area (TPSA) is 95.6 Å². The Morgan fingerprint density at radius 3 is 2.23 bits per heavy atom. The zero-order valence-electron chi connectivity index (χ0n) is 15.2. The molecule has 1 fully saturated rings. The van der Waals surface area contributed by atoms with Crippen molar-refractivity contribution in [2.24, 2.45) is 0 Å². The minimum absolute atomic E-state index is 0.0969. The van der Waals surface area contributed by atoms with Crippen LogP contribution in [-0.4, -0.2) is 50.7 Å². The van der Waals surface area contributed by atoms with Crippen LogP contribution in [0.5, 0.6) is 0 Å². The van der Waals surface area contributed by atoms with Crippen molar-refractivity contribution >= 4 is 21.8 Å². The molecule has 8 heteroatoms. The largest absolute Gasteiger partial charge is 0.355 e. The summed E-state index contributed by atoms with van der Waals surface area (Å²) in [6.45, 7) is 3.40. The number of benzene rings is 1. The smallest absolute Gasteiger partial charge is 0.243 e. The van der Waals surface area contributed by atoms with Gasteiger partial charge < -0.3 is 10.6 Å². The third-order valence-corrected chi connectivity index (χ3v) is 6.25. The number of carbonyl (C=O) groups excluding carboxylic acids is 2. The van der Waals surface area contributed by atoms with Crippen LogP contribution in [-0.2, 0) is 26.0 Å². The molecule has 1 aliphatic rings. The highest BCUT2D eigenvalue weighted by molar-refractivity contribution is 7.89. The van der Waals surface area contributed by atoms with Gasteiger partial charge in [0, 0.05) is 39.5 Å². The van der Waals surface area contributed by atoms with Crippen LogP contribution in [0.4, 0.5) is 0 Å². The number of hydrogen-bond donors (Lipinski definition) is 2. The van der Waals surface area contributed by atoms with Crippen molar-refractivity contribution in [1.29, 1.82) is 0 Å². The summed E-state index contributed by atoms with van der Waals surface area (Å²) in [5.41, 5.74) is 0.916. The molecule has 0 atom stereocenters. The first kappa shape index (κ1) is 20.4. The Bertz CT molecular complexity index is 710. The molecule has 1 saturated heterocycles. The molecular weight excluding hydrogens is 354 g/mol. The van der Waals surface area contributed by atoms with E-state index in [9.17, 15) is 18.0 Å². The molecule has 1 aromatic carbocycles. The van der Waals surface area contributed by atoms with Crippen molar-refractivity contribution in [3.8, 4) is 0 Å². The van der Waals surface area contributed by atoms with E-state index >= 15 is 0 Å². The average molecular weight is 381 g/mol. The second-order valence-electron chi connectivity index (χ2n) is 6.44. The van der Waals surface area contributed by atoms with Gasteiger partial charge in [-0.05, 0) is 37.0 Å². The molecule has 2 rings (SSSR count). The van der Waals surface area contributed by atoms with Gasteiger partial charge in [-0.2, -0.15) is 4.31 Å². The Morgan fingerprint density at radius 1 is 1.00 bits per heavy atom. The Labute approximate surface area is 155 Å². The predicted octanol–water partition coefficient (Wildman–Crippen LogP) is 1.05. The first-order valence-corrected chi connectivity index (χ1v) is 10.4. The number of hydrogen-bond acceptors (Lipinski definition) is 4. The molecule has 7 nitrogen and oxygen atoms in total. The third-order valence-electron chi connectivity index (χ3n) is 4.34. The van der Waals surface area contributed by atoms with Gasteiger partial charge in [-0.15, -0.1) is 0 Å². The van der Waals surface area contributed by atoms with Gasteiger partial charge in [-0.25, -0.2) is 8.42 Å². The Balaban J connectivity index is 1.81. The average Bonchev–Trinajstić information content (AvgIpc) is 2.64. The molecule has 26 heavy (non-hydrogen) atoms. The van der Waals surface area contributed by atoms with Crippen LogP contribution in [0.25, 0.3) is 0 Å². The quantitative estimate of drug-likeness (QED) is 0.658. The van der Waals surface area contributed by atoms with Crippen molar-refractivity contribution in [3.05, 3.63) is 29.8 Å². The fraction of sp³-hybridized carbons (Fsp3) is 0.556. The van der Waals surface area contributed by atoms with E-state index < -0.39 is 10.0 Å². The fourth-order valence-corrected chi connectivity index (χ4v) is 4.39. The number of sulfonamides is 1. The van der Waals surface area contributed by atoms with Crippen LogP contribution < -0.4 is 10.6 Å². The lowest BCUT2D eigenvalue weighted by molar-refractivity contribution is -0.122. The Hall–Kier alpha value is -1.93. The lowest BCUT2D eigenvalue weighted by Gasteiger charge is -2.25. The minimum Gasteiger partial charge on any atom is -0.355 e. The number of aryl methyl sites for hydroxylation is 1. The molecule has 1 aromatic rings. The van der Waals surface area contributed by atoms with Crippen LogP contribution in [0.15, 0.2) is 29.2 Å². The van der Waals surface area contributed by atoms with Crippen molar-refractivity contribution in [2.75, 3.05) is 26.2 Å². The molecule has 0 aromatic heterocycles. The van der Waals surface area contributed by atoms with E-state index in [1.807, 2.05) is 0 Å². The van der Waals surface area contributed by atoms with Gasteiger partial charge in [0.1, 0.15) is 0 Å². The second-order valence-corrected chi connectivity index (χ2v) is 8.38. The van der Waals surface area contributed by atoms with Gasteiger partial charge >= 0.3 is 0 Å². The molecule has 2 N–H and O–H groups in total. The third kappa shape index (κ3) is 6.10. The van der Waals surface area contributed by atoms with Crippen molar-refractivity contribution in [1.82, 2.24) is 14.9 Å². The standard InChI is InChI=1S/C18H27N3O4S/c1-15(22)19-11-12-20-18(23)10-7-16-5-8-17(9-6-16)26(24,25)21-13-3-2-4-14-21/h5-6,8-9H,2-4,7,10-14H2,1H3,(H,19,22)(H,20,23). The summed E-state index contributed by atoms with van der Waals surface area (Å²) in [5, 5.41) is 5.34. The predicted molar refractivity (Wildman–Crippen MR) is 99.1 cm³/mol. The maximum absolute atomic E-state index is 12.6. The first-order valence-electron chi connectivity index (χ1n) is 9.00. The van der Waals surface area contributed by atoms with E-state index in [0.29, 0.717) is 43.9 Å². The van der Waals surface area contributed by atoms with Gasteiger partial charge in [0.05, 0.1) is 4.90 Å². The normalized spacial score (nSPS) is 15.4. The molecular formula is C18H27N3O4S. The lowest BCUT2D eigenvalue weighted by Crippen LogP contribution is -2.35. The molecule has 0 radical (unpaired) electrons. The summed E-state index contributed by atoms with van der Waals surface area (Å²) >= 11 is 0. The molecule has 0 unspecified atom stereocenters. The Kier molecular flexibility index (Phi) is 7.59. The monoisotopic (exact) mass is 381 g/mol. The van der Waals surface area contributed by atoms with Crippen molar-refractivity contribution in [3.63, 3.8) is 0 Å². The molecule has 0 saturated carbocycles. The maximum Gasteiger partial charge on any atom is 0.243 e. The summed E-state index contributed by atoms with van der Waals surface area (Å²) in [7, 11) is -3.41. The first-order chi connectivity index (χ1) is 12.4. The fourth-order valence-electron chi connectivity index (χ4n) is 2.87. The summed E-state index contributed by atoms with van der Waals surface area (Å²) in [4.78, 5) is 22.8. The SMILES string of the molecule is CC(=O)NCCNC(=O)CCc1ccc(S(=O)(=O)N2CCCCC2)cc1. The van der Waals surface area contributed by atoms with E-state index in [4.69, 9.17) is 0 Å². The zero-order chi connectivity index (χ0) is 19.0.